The molecule has 3 nitrogen and oxygen atoms in total. The van der Waals surface area contributed by atoms with E-state index in [9.17, 15) is 0 Å². The van der Waals surface area contributed by atoms with Gasteiger partial charge in [0.25, 0.3) is 0 Å². The summed E-state index contributed by atoms with van der Waals surface area (Å²) in [6.07, 6.45) is 4.97. The second-order valence-electron chi connectivity index (χ2n) is 4.72. The molecule has 0 unspecified atom stereocenters. The topological polar surface area (TPSA) is 34.1 Å². The molecule has 0 amide bonds. The lowest BCUT2D eigenvalue weighted by Crippen LogP contribution is -2.16. The fourth-order valence-electron chi connectivity index (χ4n) is 2.07. The summed E-state index contributed by atoms with van der Waals surface area (Å²) in [7, 11) is 0. The first-order valence-corrected chi connectivity index (χ1v) is 7.05. The summed E-state index contributed by atoms with van der Waals surface area (Å²) in [6.45, 7) is 2.75. The van der Waals surface area contributed by atoms with Crippen molar-refractivity contribution in [3.63, 3.8) is 0 Å². The average molecular weight is 238 g/mol. The van der Waals surface area contributed by atoms with Crippen molar-refractivity contribution in [3.8, 4) is 0 Å². The minimum atomic E-state index is 0.647. The van der Waals surface area contributed by atoms with Crippen molar-refractivity contribution >= 4 is 11.3 Å². The minimum Gasteiger partial charge on any atom is -0.381 e. The van der Waals surface area contributed by atoms with Gasteiger partial charge < -0.3 is 10.1 Å². The van der Waals surface area contributed by atoms with Crippen molar-refractivity contribution in [2.45, 2.75) is 44.2 Å². The Hall–Kier alpha value is -0.450. The van der Waals surface area contributed by atoms with Gasteiger partial charge in [-0.15, -0.1) is 11.3 Å². The summed E-state index contributed by atoms with van der Waals surface area (Å²) in [5.41, 5.74) is 1.22. The van der Waals surface area contributed by atoms with E-state index in [4.69, 9.17) is 9.72 Å². The highest BCUT2D eigenvalue weighted by Crippen LogP contribution is 2.29. The number of hydrogen-bond acceptors (Lipinski definition) is 4. The van der Waals surface area contributed by atoms with Crippen LogP contribution in [0.4, 0.5) is 0 Å². The lowest BCUT2D eigenvalue weighted by Gasteiger charge is -2.19. The monoisotopic (exact) mass is 238 g/mol. The molecule has 88 valence electrons. The highest BCUT2D eigenvalue weighted by atomic mass is 32.1. The van der Waals surface area contributed by atoms with Crippen molar-refractivity contribution in [1.82, 2.24) is 10.3 Å². The van der Waals surface area contributed by atoms with Crippen LogP contribution in [0, 0.1) is 0 Å². The first-order chi connectivity index (χ1) is 7.92. The Labute approximate surface area is 100 Å². The largest absolute Gasteiger partial charge is 0.381 e. The highest BCUT2D eigenvalue weighted by Gasteiger charge is 2.22. The van der Waals surface area contributed by atoms with E-state index in [1.54, 1.807) is 0 Å². The first-order valence-electron chi connectivity index (χ1n) is 6.17. The van der Waals surface area contributed by atoms with Crippen LogP contribution in [-0.4, -0.2) is 24.2 Å². The zero-order valence-electron chi connectivity index (χ0n) is 9.45. The number of nitrogens with one attached hydrogen (secondary N) is 1. The van der Waals surface area contributed by atoms with Gasteiger partial charge >= 0.3 is 0 Å². The summed E-state index contributed by atoms with van der Waals surface area (Å²) >= 11 is 1.82. The summed E-state index contributed by atoms with van der Waals surface area (Å²) in [4.78, 5) is 4.73. The number of hydrogen-bond donors (Lipinski definition) is 1. The Balaban J connectivity index is 1.57. The van der Waals surface area contributed by atoms with Crippen LogP contribution in [0.25, 0.3) is 0 Å². The maximum absolute atomic E-state index is 5.38. The molecule has 1 aromatic rings. The van der Waals surface area contributed by atoms with Crippen molar-refractivity contribution in [3.05, 3.63) is 16.1 Å². The molecule has 3 rings (SSSR count). The van der Waals surface area contributed by atoms with Gasteiger partial charge in [0.2, 0.25) is 0 Å². The molecule has 16 heavy (non-hydrogen) atoms. The number of ether oxygens (including phenoxy) is 1. The fourth-order valence-corrected chi connectivity index (χ4v) is 3.06. The quantitative estimate of drug-likeness (QED) is 0.874. The molecule has 1 aromatic heterocycles. The molecule has 0 spiro atoms. The molecule has 1 saturated carbocycles. The van der Waals surface area contributed by atoms with E-state index in [1.807, 2.05) is 11.3 Å². The lowest BCUT2D eigenvalue weighted by molar-refractivity contribution is 0.0852. The van der Waals surface area contributed by atoms with Crippen LogP contribution < -0.4 is 5.32 Å². The van der Waals surface area contributed by atoms with Gasteiger partial charge in [0, 0.05) is 37.1 Å². The normalized spacial score (nSPS) is 22.5. The third kappa shape index (κ3) is 2.62. The Morgan fingerprint density at radius 2 is 2.12 bits per heavy atom. The second-order valence-corrected chi connectivity index (χ2v) is 5.61. The number of thiazole rings is 1. The van der Waals surface area contributed by atoms with Gasteiger partial charge in [-0.05, 0) is 25.7 Å². The van der Waals surface area contributed by atoms with Crippen molar-refractivity contribution in [1.29, 1.82) is 0 Å². The van der Waals surface area contributed by atoms with Crippen molar-refractivity contribution < 1.29 is 4.74 Å². The molecular formula is C12H18N2OS. The lowest BCUT2D eigenvalue weighted by atomic mass is 10.0. The average Bonchev–Trinajstić information content (AvgIpc) is 3.05. The molecule has 0 aromatic carbocycles. The number of nitrogens with zero attached hydrogens (tertiary/aromatic N) is 1. The molecule has 1 aliphatic heterocycles. The van der Waals surface area contributed by atoms with E-state index in [-0.39, 0.29) is 0 Å². The molecular weight excluding hydrogens is 220 g/mol. The molecule has 2 fully saturated rings. The fraction of sp³-hybridized carbons (Fsp3) is 0.750. The van der Waals surface area contributed by atoms with E-state index >= 15 is 0 Å². The molecule has 0 bridgehead atoms. The number of aromatic nitrogens is 1. The van der Waals surface area contributed by atoms with Crippen LogP contribution in [0.2, 0.25) is 0 Å². The van der Waals surface area contributed by atoms with E-state index in [1.165, 1.54) is 23.5 Å². The van der Waals surface area contributed by atoms with Crippen LogP contribution >= 0.6 is 11.3 Å². The SMILES string of the molecule is c1sc(C2CCOCC2)nc1CNC1CC1. The maximum atomic E-state index is 5.38. The zero-order chi connectivity index (χ0) is 10.8. The molecule has 2 aliphatic rings. The van der Waals surface area contributed by atoms with E-state index < -0.39 is 0 Å². The van der Waals surface area contributed by atoms with Gasteiger partial charge in [0.15, 0.2) is 0 Å². The smallest absolute Gasteiger partial charge is 0.0961 e. The predicted molar refractivity (Wildman–Crippen MR) is 64.8 cm³/mol. The van der Waals surface area contributed by atoms with Gasteiger partial charge in [-0.25, -0.2) is 4.98 Å². The predicted octanol–water partition coefficient (Wildman–Crippen LogP) is 2.29. The molecule has 2 heterocycles. The van der Waals surface area contributed by atoms with Gasteiger partial charge in [-0.2, -0.15) is 0 Å². The summed E-state index contributed by atoms with van der Waals surface area (Å²) in [5.74, 6) is 0.647. The van der Waals surface area contributed by atoms with Crippen LogP contribution in [0.15, 0.2) is 5.38 Å². The van der Waals surface area contributed by atoms with Gasteiger partial charge in [0.05, 0.1) is 10.7 Å². The van der Waals surface area contributed by atoms with Crippen LogP contribution in [0.5, 0.6) is 0 Å². The molecule has 1 aliphatic carbocycles. The molecule has 1 N–H and O–H groups in total. The van der Waals surface area contributed by atoms with Crippen LogP contribution in [0.3, 0.4) is 0 Å². The van der Waals surface area contributed by atoms with Crippen LogP contribution in [-0.2, 0) is 11.3 Å². The Morgan fingerprint density at radius 3 is 2.88 bits per heavy atom. The zero-order valence-corrected chi connectivity index (χ0v) is 10.3. The molecule has 0 atom stereocenters. The summed E-state index contributed by atoms with van der Waals surface area (Å²) < 4.78 is 5.38. The first kappa shape index (κ1) is 10.7. The highest BCUT2D eigenvalue weighted by molar-refractivity contribution is 7.09. The Bertz CT molecular complexity index is 343. The number of rotatable bonds is 4. The third-order valence-electron chi connectivity index (χ3n) is 3.29. The van der Waals surface area contributed by atoms with E-state index in [0.717, 1.165) is 38.6 Å². The van der Waals surface area contributed by atoms with E-state index in [0.29, 0.717) is 5.92 Å². The molecule has 1 saturated heterocycles. The van der Waals surface area contributed by atoms with Crippen molar-refractivity contribution in [2.75, 3.05) is 13.2 Å². The summed E-state index contributed by atoms with van der Waals surface area (Å²) in [6, 6.07) is 0.772. The molecule has 0 radical (unpaired) electrons. The third-order valence-corrected chi connectivity index (χ3v) is 4.35. The molecule has 4 heteroatoms. The second kappa shape index (κ2) is 4.82. The van der Waals surface area contributed by atoms with Gasteiger partial charge in [-0.1, -0.05) is 0 Å². The van der Waals surface area contributed by atoms with Crippen LogP contribution in [0.1, 0.15) is 42.3 Å². The standard InChI is InChI=1S/C12H18N2OS/c1-2-10(1)13-7-11-8-16-12(14-11)9-3-5-15-6-4-9/h8-10,13H,1-7H2. The van der Waals surface area contributed by atoms with Crippen molar-refractivity contribution in [2.24, 2.45) is 0 Å². The van der Waals surface area contributed by atoms with Gasteiger partial charge in [-0.3, -0.25) is 0 Å². The van der Waals surface area contributed by atoms with E-state index in [2.05, 4.69) is 10.7 Å². The minimum absolute atomic E-state index is 0.647. The Morgan fingerprint density at radius 1 is 1.31 bits per heavy atom. The maximum Gasteiger partial charge on any atom is 0.0961 e. The summed E-state index contributed by atoms with van der Waals surface area (Å²) in [5, 5.41) is 7.03. The van der Waals surface area contributed by atoms with Gasteiger partial charge in [0.1, 0.15) is 0 Å². The Kier molecular flexibility index (Phi) is 3.22.